The summed E-state index contributed by atoms with van der Waals surface area (Å²) in [6.45, 7) is 0. The van der Waals surface area contributed by atoms with Crippen molar-refractivity contribution in [1.82, 2.24) is 0 Å². The SMILES string of the molecule is COc1ccc(Br)c([C@H](N)CC(=O)O)c1O. The zero-order valence-electron chi connectivity index (χ0n) is 8.61. The maximum atomic E-state index is 10.6. The molecule has 4 N–H and O–H groups in total. The number of nitrogens with two attached hydrogens (primary N) is 1. The summed E-state index contributed by atoms with van der Waals surface area (Å²) >= 11 is 3.21. The molecule has 88 valence electrons. The third-order valence-corrected chi connectivity index (χ3v) is 2.80. The monoisotopic (exact) mass is 289 g/mol. The average Bonchev–Trinajstić information content (AvgIpc) is 2.16. The number of carbonyl (C=O) groups is 1. The molecule has 0 aromatic heterocycles. The number of halogens is 1. The zero-order chi connectivity index (χ0) is 12.3. The highest BCUT2D eigenvalue weighted by molar-refractivity contribution is 9.10. The Balaban J connectivity index is 3.15. The molecule has 0 bridgehead atoms. The van der Waals surface area contributed by atoms with E-state index in [1.54, 1.807) is 12.1 Å². The Morgan fingerprint density at radius 1 is 1.62 bits per heavy atom. The number of benzene rings is 1. The molecule has 1 rings (SSSR count). The predicted octanol–water partition coefficient (Wildman–Crippen LogP) is 1.64. The highest BCUT2D eigenvalue weighted by atomic mass is 79.9. The first-order valence-electron chi connectivity index (χ1n) is 4.50. The summed E-state index contributed by atoms with van der Waals surface area (Å²) in [5.74, 6) is -0.897. The number of carboxylic acids is 1. The van der Waals surface area contributed by atoms with Crippen molar-refractivity contribution in [2.75, 3.05) is 7.11 Å². The van der Waals surface area contributed by atoms with Crippen molar-refractivity contribution in [3.8, 4) is 11.5 Å². The molecule has 0 amide bonds. The van der Waals surface area contributed by atoms with Crippen molar-refractivity contribution in [2.24, 2.45) is 5.73 Å². The lowest BCUT2D eigenvalue weighted by molar-refractivity contribution is -0.137. The third kappa shape index (κ3) is 2.65. The molecular formula is C10H12BrNO4. The minimum Gasteiger partial charge on any atom is -0.504 e. The number of aromatic hydroxyl groups is 1. The zero-order valence-corrected chi connectivity index (χ0v) is 10.2. The summed E-state index contributed by atoms with van der Waals surface area (Å²) in [5, 5.41) is 18.5. The molecule has 16 heavy (non-hydrogen) atoms. The first-order chi connectivity index (χ1) is 7.47. The molecule has 1 aromatic rings. The first kappa shape index (κ1) is 12.8. The number of rotatable bonds is 4. The molecule has 0 aliphatic carbocycles. The van der Waals surface area contributed by atoms with Crippen LogP contribution < -0.4 is 10.5 Å². The number of hydrogen-bond donors (Lipinski definition) is 3. The first-order valence-corrected chi connectivity index (χ1v) is 5.29. The lowest BCUT2D eigenvalue weighted by Gasteiger charge is -2.15. The van der Waals surface area contributed by atoms with Crippen molar-refractivity contribution in [3.63, 3.8) is 0 Å². The van der Waals surface area contributed by atoms with Gasteiger partial charge in [-0.2, -0.15) is 0 Å². The normalized spacial score (nSPS) is 12.2. The fraction of sp³-hybridized carbons (Fsp3) is 0.300. The number of hydrogen-bond acceptors (Lipinski definition) is 4. The molecule has 0 saturated heterocycles. The van der Waals surface area contributed by atoms with Crippen molar-refractivity contribution in [1.29, 1.82) is 0 Å². The van der Waals surface area contributed by atoms with Gasteiger partial charge in [-0.3, -0.25) is 4.79 Å². The minimum absolute atomic E-state index is 0.134. The second-order valence-electron chi connectivity index (χ2n) is 3.22. The van der Waals surface area contributed by atoms with Gasteiger partial charge in [0, 0.05) is 16.1 Å². The number of phenolic OH excluding ortho intramolecular Hbond substituents is 1. The van der Waals surface area contributed by atoms with Crippen LogP contribution in [0.1, 0.15) is 18.0 Å². The highest BCUT2D eigenvalue weighted by Crippen LogP contribution is 2.38. The topological polar surface area (TPSA) is 92.8 Å². The lowest BCUT2D eigenvalue weighted by Crippen LogP contribution is -2.15. The quantitative estimate of drug-likeness (QED) is 0.784. The number of methoxy groups -OCH3 is 1. The molecule has 0 radical (unpaired) electrons. The van der Waals surface area contributed by atoms with Crippen LogP contribution in [-0.4, -0.2) is 23.3 Å². The summed E-state index contributed by atoms with van der Waals surface area (Å²) in [6.07, 6.45) is -0.265. The fourth-order valence-electron chi connectivity index (χ4n) is 1.37. The summed E-state index contributed by atoms with van der Waals surface area (Å²) < 4.78 is 5.48. The van der Waals surface area contributed by atoms with E-state index in [0.717, 1.165) is 0 Å². The van der Waals surface area contributed by atoms with Gasteiger partial charge in [0.2, 0.25) is 0 Å². The van der Waals surface area contributed by atoms with Crippen LogP contribution in [0.15, 0.2) is 16.6 Å². The van der Waals surface area contributed by atoms with Crippen molar-refractivity contribution in [3.05, 3.63) is 22.2 Å². The largest absolute Gasteiger partial charge is 0.504 e. The van der Waals surface area contributed by atoms with Crippen LogP contribution in [0.2, 0.25) is 0 Å². The van der Waals surface area contributed by atoms with Crippen molar-refractivity contribution in [2.45, 2.75) is 12.5 Å². The molecule has 6 heteroatoms. The Morgan fingerprint density at radius 3 is 2.75 bits per heavy atom. The van der Waals surface area contributed by atoms with Gasteiger partial charge in [-0.25, -0.2) is 0 Å². The van der Waals surface area contributed by atoms with Crippen LogP contribution in [0.4, 0.5) is 0 Å². The van der Waals surface area contributed by atoms with E-state index in [-0.39, 0.29) is 17.9 Å². The molecule has 0 aliphatic heterocycles. The second kappa shape index (κ2) is 5.18. The fourth-order valence-corrected chi connectivity index (χ4v) is 1.99. The molecule has 0 unspecified atom stereocenters. The van der Waals surface area contributed by atoms with E-state index in [9.17, 15) is 9.90 Å². The van der Waals surface area contributed by atoms with Gasteiger partial charge >= 0.3 is 5.97 Å². The van der Waals surface area contributed by atoms with E-state index >= 15 is 0 Å². The van der Waals surface area contributed by atoms with Gasteiger partial charge in [-0.1, -0.05) is 15.9 Å². The summed E-state index contributed by atoms with van der Waals surface area (Å²) in [4.78, 5) is 10.6. The Morgan fingerprint density at radius 2 is 2.25 bits per heavy atom. The molecule has 1 aromatic carbocycles. The second-order valence-corrected chi connectivity index (χ2v) is 4.07. The van der Waals surface area contributed by atoms with Crippen LogP contribution >= 0.6 is 15.9 Å². The molecule has 0 fully saturated rings. The number of aliphatic carboxylic acids is 1. The van der Waals surface area contributed by atoms with Crippen LogP contribution in [0.25, 0.3) is 0 Å². The molecule has 0 aliphatic rings. The maximum Gasteiger partial charge on any atom is 0.305 e. The van der Waals surface area contributed by atoms with Gasteiger partial charge in [0.25, 0.3) is 0 Å². The molecule has 0 spiro atoms. The van der Waals surface area contributed by atoms with Crippen LogP contribution in [0, 0.1) is 0 Å². The van der Waals surface area contributed by atoms with E-state index in [1.165, 1.54) is 7.11 Å². The third-order valence-electron chi connectivity index (χ3n) is 2.11. The van der Waals surface area contributed by atoms with Gasteiger partial charge in [0.1, 0.15) is 0 Å². The summed E-state index contributed by atoms with van der Waals surface area (Å²) in [6, 6.07) is 2.42. The Labute approximate surface area is 101 Å². The molecule has 0 saturated carbocycles. The molecule has 1 atom stereocenters. The van der Waals surface area contributed by atoms with Crippen LogP contribution in [0.5, 0.6) is 11.5 Å². The van der Waals surface area contributed by atoms with E-state index in [2.05, 4.69) is 15.9 Å². The summed E-state index contributed by atoms with van der Waals surface area (Å²) in [5.41, 5.74) is 6.03. The van der Waals surface area contributed by atoms with E-state index in [4.69, 9.17) is 15.6 Å². The van der Waals surface area contributed by atoms with Gasteiger partial charge in [-0.05, 0) is 12.1 Å². The van der Waals surface area contributed by atoms with Gasteiger partial charge in [0.05, 0.1) is 13.5 Å². The highest BCUT2D eigenvalue weighted by Gasteiger charge is 2.20. The Bertz CT molecular complexity index is 408. The smallest absolute Gasteiger partial charge is 0.305 e. The van der Waals surface area contributed by atoms with Gasteiger partial charge < -0.3 is 20.7 Å². The van der Waals surface area contributed by atoms with Gasteiger partial charge in [-0.15, -0.1) is 0 Å². The average molecular weight is 290 g/mol. The van der Waals surface area contributed by atoms with E-state index < -0.39 is 12.0 Å². The van der Waals surface area contributed by atoms with E-state index in [0.29, 0.717) is 10.0 Å². The Hall–Kier alpha value is -1.27. The molecule has 5 nitrogen and oxygen atoms in total. The van der Waals surface area contributed by atoms with Crippen LogP contribution in [0.3, 0.4) is 0 Å². The molecular weight excluding hydrogens is 278 g/mol. The summed E-state index contributed by atoms with van der Waals surface area (Å²) in [7, 11) is 1.41. The maximum absolute atomic E-state index is 10.6. The Kier molecular flexibility index (Phi) is 4.14. The van der Waals surface area contributed by atoms with E-state index in [1.807, 2.05) is 0 Å². The number of ether oxygens (including phenoxy) is 1. The standard InChI is InChI=1S/C10H12BrNO4/c1-16-7-3-2-5(11)9(10(7)15)6(12)4-8(13)14/h2-3,6,15H,4,12H2,1H3,(H,13,14)/t6-/m1/s1. The molecule has 0 heterocycles. The number of carboxylic acid groups (broad SMARTS) is 1. The lowest BCUT2D eigenvalue weighted by atomic mass is 10.0. The number of phenols is 1. The van der Waals surface area contributed by atoms with Crippen molar-refractivity contribution < 1.29 is 19.7 Å². The van der Waals surface area contributed by atoms with Crippen molar-refractivity contribution >= 4 is 21.9 Å². The van der Waals surface area contributed by atoms with Crippen LogP contribution in [-0.2, 0) is 4.79 Å². The minimum atomic E-state index is -1.03. The van der Waals surface area contributed by atoms with Gasteiger partial charge in [0.15, 0.2) is 11.5 Å². The predicted molar refractivity (Wildman–Crippen MR) is 61.5 cm³/mol.